The molecule has 0 aliphatic heterocycles. The highest BCUT2D eigenvalue weighted by Gasteiger charge is 2.22. The van der Waals surface area contributed by atoms with Crippen molar-refractivity contribution in [2.75, 3.05) is 0 Å². The lowest BCUT2D eigenvalue weighted by molar-refractivity contribution is 0.0687. The van der Waals surface area contributed by atoms with Gasteiger partial charge < -0.3 is 10.2 Å². The minimum Gasteiger partial charge on any atom is -0.387 e. The molecular formula is C22H30N4O2. The third kappa shape index (κ3) is 4.08. The van der Waals surface area contributed by atoms with E-state index < -0.39 is 11.7 Å². The summed E-state index contributed by atoms with van der Waals surface area (Å²) in [7, 11) is 0. The Bertz CT molecular complexity index is 991. The smallest absolute Gasteiger partial charge is 0.159 e. The van der Waals surface area contributed by atoms with E-state index in [4.69, 9.17) is 5.10 Å². The van der Waals surface area contributed by atoms with Crippen molar-refractivity contribution in [1.29, 1.82) is 0 Å². The molecule has 0 radical (unpaired) electrons. The second kappa shape index (κ2) is 6.94. The Morgan fingerprint density at radius 3 is 2.14 bits per heavy atom. The molecule has 2 N–H and O–H groups in total. The van der Waals surface area contributed by atoms with Gasteiger partial charge in [0, 0.05) is 29.9 Å². The fraction of sp³-hybridized carbons (Fsp3) is 0.500. The fourth-order valence-electron chi connectivity index (χ4n) is 3.38. The summed E-state index contributed by atoms with van der Waals surface area (Å²) in [5.41, 5.74) is 3.62. The van der Waals surface area contributed by atoms with Crippen molar-refractivity contribution in [1.82, 2.24) is 19.7 Å². The van der Waals surface area contributed by atoms with Crippen LogP contribution in [0.5, 0.6) is 0 Å². The molecule has 0 aliphatic carbocycles. The van der Waals surface area contributed by atoms with E-state index in [2.05, 4.69) is 43.7 Å². The molecule has 0 saturated heterocycles. The highest BCUT2D eigenvalue weighted by molar-refractivity contribution is 5.90. The van der Waals surface area contributed by atoms with Gasteiger partial charge in [0.05, 0.1) is 17.3 Å². The minimum atomic E-state index is -1.08. The zero-order valence-corrected chi connectivity index (χ0v) is 17.8. The van der Waals surface area contributed by atoms with Crippen molar-refractivity contribution >= 4 is 10.9 Å². The van der Waals surface area contributed by atoms with Crippen LogP contribution in [0.2, 0.25) is 0 Å². The second-order valence-electron chi connectivity index (χ2n) is 9.32. The lowest BCUT2D eigenvalue weighted by atomic mass is 9.96. The maximum absolute atomic E-state index is 10.3. The molecule has 0 spiro atoms. The van der Waals surface area contributed by atoms with Gasteiger partial charge in [-0.25, -0.2) is 9.97 Å². The summed E-state index contributed by atoms with van der Waals surface area (Å²) >= 11 is 0. The Morgan fingerprint density at radius 2 is 1.64 bits per heavy atom. The molecule has 3 aromatic rings. The van der Waals surface area contributed by atoms with Crippen LogP contribution in [0.3, 0.4) is 0 Å². The molecule has 1 unspecified atom stereocenters. The Morgan fingerprint density at radius 1 is 1.04 bits per heavy atom. The van der Waals surface area contributed by atoms with Crippen LogP contribution in [0.15, 0.2) is 24.5 Å². The van der Waals surface area contributed by atoms with Crippen molar-refractivity contribution in [3.8, 4) is 11.1 Å². The molecule has 1 atom stereocenters. The molecule has 2 aromatic heterocycles. The van der Waals surface area contributed by atoms with Crippen molar-refractivity contribution in [3.05, 3.63) is 41.6 Å². The standard InChI is InChI=1S/C22H30N4O2/c1-13-8-15(16-10-23-20(24-11-16)22(6,7)28)9-17-18(14(2)27)25-26(19(13)17)12-21(3,4)5/h8-11,14,27-28H,12H2,1-7H3. The third-order valence-corrected chi connectivity index (χ3v) is 4.62. The number of benzene rings is 1. The number of nitrogens with zero attached hydrogens (tertiary/aromatic N) is 4. The lowest BCUT2D eigenvalue weighted by Crippen LogP contribution is -2.19. The molecular weight excluding hydrogens is 352 g/mol. The summed E-state index contributed by atoms with van der Waals surface area (Å²) in [6, 6.07) is 4.14. The summed E-state index contributed by atoms with van der Waals surface area (Å²) in [5.74, 6) is 0.386. The van der Waals surface area contributed by atoms with Gasteiger partial charge >= 0.3 is 0 Å². The van der Waals surface area contributed by atoms with Crippen LogP contribution in [0.25, 0.3) is 22.0 Å². The van der Waals surface area contributed by atoms with Crippen molar-refractivity contribution < 1.29 is 10.2 Å². The predicted molar refractivity (Wildman–Crippen MR) is 111 cm³/mol. The van der Waals surface area contributed by atoms with Crippen LogP contribution in [-0.4, -0.2) is 30.0 Å². The number of hydrogen-bond acceptors (Lipinski definition) is 5. The van der Waals surface area contributed by atoms with E-state index >= 15 is 0 Å². The van der Waals surface area contributed by atoms with E-state index in [1.54, 1.807) is 33.2 Å². The maximum Gasteiger partial charge on any atom is 0.159 e. The lowest BCUT2D eigenvalue weighted by Gasteiger charge is -2.19. The van der Waals surface area contributed by atoms with E-state index in [9.17, 15) is 10.2 Å². The summed E-state index contributed by atoms with van der Waals surface area (Å²) in [6.07, 6.45) is 2.79. The first-order valence-electron chi connectivity index (χ1n) is 9.61. The first-order valence-corrected chi connectivity index (χ1v) is 9.61. The summed E-state index contributed by atoms with van der Waals surface area (Å²) in [4.78, 5) is 8.63. The Balaban J connectivity index is 2.15. The molecule has 3 rings (SSSR count). The molecule has 150 valence electrons. The summed E-state index contributed by atoms with van der Waals surface area (Å²) in [5, 5.41) is 26.0. The van der Waals surface area contributed by atoms with Crippen LogP contribution in [0.4, 0.5) is 0 Å². The van der Waals surface area contributed by atoms with Crippen LogP contribution in [0, 0.1) is 12.3 Å². The zero-order valence-electron chi connectivity index (χ0n) is 17.8. The van der Waals surface area contributed by atoms with Gasteiger partial charge in [0.25, 0.3) is 0 Å². The largest absolute Gasteiger partial charge is 0.387 e. The number of aliphatic hydroxyl groups is 2. The average molecular weight is 383 g/mol. The Labute approximate surface area is 166 Å². The zero-order chi connectivity index (χ0) is 20.9. The van der Waals surface area contributed by atoms with E-state index in [-0.39, 0.29) is 5.41 Å². The van der Waals surface area contributed by atoms with E-state index in [1.807, 2.05) is 10.7 Å². The van der Waals surface area contributed by atoms with Gasteiger partial charge in [-0.2, -0.15) is 5.10 Å². The molecule has 28 heavy (non-hydrogen) atoms. The van der Waals surface area contributed by atoms with Gasteiger partial charge in [0.15, 0.2) is 5.82 Å². The average Bonchev–Trinajstić information content (AvgIpc) is 2.91. The molecule has 2 heterocycles. The number of aryl methyl sites for hydroxylation is 1. The highest BCUT2D eigenvalue weighted by Crippen LogP contribution is 2.33. The monoisotopic (exact) mass is 382 g/mol. The van der Waals surface area contributed by atoms with Crippen molar-refractivity contribution in [2.24, 2.45) is 5.41 Å². The van der Waals surface area contributed by atoms with Crippen molar-refractivity contribution in [2.45, 2.75) is 66.7 Å². The molecule has 6 nitrogen and oxygen atoms in total. The van der Waals surface area contributed by atoms with E-state index in [1.165, 1.54) is 0 Å². The molecule has 6 heteroatoms. The first kappa shape index (κ1) is 20.4. The normalized spacial score (nSPS) is 13.9. The van der Waals surface area contributed by atoms with Gasteiger partial charge in [-0.15, -0.1) is 0 Å². The highest BCUT2D eigenvalue weighted by atomic mass is 16.3. The second-order valence-corrected chi connectivity index (χ2v) is 9.32. The number of hydrogen-bond donors (Lipinski definition) is 2. The first-order chi connectivity index (χ1) is 12.9. The van der Waals surface area contributed by atoms with Crippen LogP contribution < -0.4 is 0 Å². The molecule has 1 aromatic carbocycles. The Hall–Kier alpha value is -2.31. The summed E-state index contributed by atoms with van der Waals surface area (Å²) < 4.78 is 2.00. The fourth-order valence-corrected chi connectivity index (χ4v) is 3.38. The number of fused-ring (bicyclic) bond motifs is 1. The molecule has 0 amide bonds. The molecule has 0 fully saturated rings. The quantitative estimate of drug-likeness (QED) is 0.709. The van der Waals surface area contributed by atoms with Crippen LogP contribution in [-0.2, 0) is 12.1 Å². The molecule has 0 aliphatic rings. The van der Waals surface area contributed by atoms with E-state index in [0.717, 1.165) is 34.1 Å². The molecule has 0 bridgehead atoms. The van der Waals surface area contributed by atoms with Gasteiger partial charge in [-0.1, -0.05) is 20.8 Å². The van der Waals surface area contributed by atoms with Gasteiger partial charge in [0.2, 0.25) is 0 Å². The maximum atomic E-state index is 10.3. The van der Waals surface area contributed by atoms with Gasteiger partial charge in [-0.3, -0.25) is 4.68 Å². The van der Waals surface area contributed by atoms with Crippen LogP contribution >= 0.6 is 0 Å². The molecule has 0 saturated carbocycles. The number of rotatable bonds is 4. The topological polar surface area (TPSA) is 84.1 Å². The van der Waals surface area contributed by atoms with Gasteiger partial charge in [-0.05, 0) is 56.4 Å². The number of aromatic nitrogens is 4. The van der Waals surface area contributed by atoms with Crippen LogP contribution in [0.1, 0.15) is 64.7 Å². The van der Waals surface area contributed by atoms with E-state index in [0.29, 0.717) is 11.5 Å². The number of aliphatic hydroxyl groups excluding tert-OH is 1. The van der Waals surface area contributed by atoms with Gasteiger partial charge in [0.1, 0.15) is 5.60 Å². The minimum absolute atomic E-state index is 0.0702. The SMILES string of the molecule is Cc1cc(-c2cnc(C(C)(C)O)nc2)cc2c(C(C)O)nn(CC(C)(C)C)c12. The third-order valence-electron chi connectivity index (χ3n) is 4.62. The predicted octanol–water partition coefficient (Wildman–Crippen LogP) is 4.13. The summed E-state index contributed by atoms with van der Waals surface area (Å²) in [6.45, 7) is 14.4. The van der Waals surface area contributed by atoms with Crippen molar-refractivity contribution in [3.63, 3.8) is 0 Å². The Kier molecular flexibility index (Phi) is 5.06.